The molecule has 0 aromatic heterocycles. The van der Waals surface area contributed by atoms with E-state index in [4.69, 9.17) is 15.2 Å². The van der Waals surface area contributed by atoms with E-state index in [2.05, 4.69) is 5.32 Å². The van der Waals surface area contributed by atoms with E-state index in [9.17, 15) is 22.8 Å². The predicted octanol–water partition coefficient (Wildman–Crippen LogP) is 3.32. The number of anilines is 1. The van der Waals surface area contributed by atoms with Gasteiger partial charge >= 0.3 is 0 Å². The fourth-order valence-electron chi connectivity index (χ4n) is 4.46. The zero-order valence-electron chi connectivity index (χ0n) is 22.0. The number of unbranched alkanes of at least 4 members (excludes halogenated alkanes) is 3. The van der Waals surface area contributed by atoms with Gasteiger partial charge in [0.1, 0.15) is 9.84 Å². The lowest BCUT2D eigenvalue weighted by Crippen LogP contribution is -2.37. The number of hydrogen-bond acceptors (Lipinski definition) is 8. The highest BCUT2D eigenvalue weighted by atomic mass is 32.2. The molecule has 206 valence electrons. The number of benzene rings is 2. The molecule has 0 aliphatic carbocycles. The summed E-state index contributed by atoms with van der Waals surface area (Å²) in [7, 11) is -2.15. The van der Waals surface area contributed by atoms with E-state index in [0.717, 1.165) is 30.4 Å². The second kappa shape index (κ2) is 12.9. The van der Waals surface area contributed by atoms with E-state index in [1.54, 1.807) is 37.3 Å². The molecule has 10 nitrogen and oxygen atoms in total. The number of rotatable bonds is 14. The van der Waals surface area contributed by atoms with Crippen LogP contribution in [-0.4, -0.2) is 63.3 Å². The van der Waals surface area contributed by atoms with Crippen molar-refractivity contribution in [2.75, 3.05) is 37.6 Å². The van der Waals surface area contributed by atoms with E-state index in [0.29, 0.717) is 36.6 Å². The van der Waals surface area contributed by atoms with Gasteiger partial charge in [-0.25, -0.2) is 8.42 Å². The van der Waals surface area contributed by atoms with E-state index < -0.39 is 33.4 Å². The summed E-state index contributed by atoms with van der Waals surface area (Å²) in [5.41, 5.74) is 6.27. The molecule has 1 unspecified atom stereocenters. The molecule has 1 heterocycles. The summed E-state index contributed by atoms with van der Waals surface area (Å²) in [6.45, 7) is 2.73. The average molecular weight is 546 g/mol. The Kier molecular flexibility index (Phi) is 9.87. The Hall–Kier alpha value is -3.44. The number of imide groups is 1. The molecule has 1 aliphatic rings. The van der Waals surface area contributed by atoms with Gasteiger partial charge in [-0.2, -0.15) is 0 Å². The summed E-state index contributed by atoms with van der Waals surface area (Å²) in [4.78, 5) is 40.7. The molecule has 1 atom stereocenters. The fraction of sp³-hybridized carbons (Fsp3) is 0.444. The van der Waals surface area contributed by atoms with Crippen molar-refractivity contribution in [1.82, 2.24) is 4.90 Å². The monoisotopic (exact) mass is 545 g/mol. The summed E-state index contributed by atoms with van der Waals surface area (Å²) in [5.74, 6) is -1.27. The minimum absolute atomic E-state index is 0.0472. The number of nitrogens with two attached hydrogens (primary N) is 1. The molecular formula is C27H35N3O7S. The molecular weight excluding hydrogens is 510 g/mol. The minimum atomic E-state index is -3.63. The highest BCUT2D eigenvalue weighted by Gasteiger charge is 2.43. The number of methoxy groups -OCH3 is 1. The number of amides is 3. The van der Waals surface area contributed by atoms with Gasteiger partial charge in [0.25, 0.3) is 11.8 Å². The van der Waals surface area contributed by atoms with Crippen LogP contribution in [0, 0.1) is 0 Å². The Balaban J connectivity index is 1.93. The van der Waals surface area contributed by atoms with Crippen LogP contribution in [0.2, 0.25) is 0 Å². The third kappa shape index (κ3) is 6.90. The van der Waals surface area contributed by atoms with E-state index >= 15 is 0 Å². The Morgan fingerprint density at radius 1 is 1.05 bits per heavy atom. The van der Waals surface area contributed by atoms with Gasteiger partial charge in [-0.3, -0.25) is 19.3 Å². The highest BCUT2D eigenvalue weighted by molar-refractivity contribution is 7.90. The van der Waals surface area contributed by atoms with Gasteiger partial charge in [0.05, 0.1) is 42.3 Å². The fourth-order valence-corrected chi connectivity index (χ4v) is 5.38. The van der Waals surface area contributed by atoms with Gasteiger partial charge < -0.3 is 20.5 Å². The number of ether oxygens (including phenoxy) is 2. The topological polar surface area (TPSA) is 145 Å². The average Bonchev–Trinajstić information content (AvgIpc) is 3.12. The van der Waals surface area contributed by atoms with Crippen molar-refractivity contribution in [2.24, 2.45) is 5.73 Å². The first-order chi connectivity index (χ1) is 18.1. The lowest BCUT2D eigenvalue weighted by Gasteiger charge is -2.27. The third-order valence-corrected chi connectivity index (χ3v) is 7.14. The second-order valence-electron chi connectivity index (χ2n) is 9.16. The van der Waals surface area contributed by atoms with Gasteiger partial charge in [0.2, 0.25) is 5.91 Å². The van der Waals surface area contributed by atoms with Crippen LogP contribution in [-0.2, 0) is 14.6 Å². The number of nitrogens with one attached hydrogen (secondary N) is 1. The SMILES string of the molecule is CCOc1cc(C(CS(C)(=O)=O)N2C(=O)c3cccc(NC(=O)CCCCCCN)c3C2=O)ccc1OC. The molecule has 11 heteroatoms. The molecule has 3 rings (SSSR count). The Morgan fingerprint density at radius 3 is 2.45 bits per heavy atom. The molecule has 2 aromatic carbocycles. The zero-order chi connectivity index (χ0) is 27.9. The van der Waals surface area contributed by atoms with Crippen LogP contribution in [0.15, 0.2) is 36.4 Å². The zero-order valence-corrected chi connectivity index (χ0v) is 22.8. The second-order valence-corrected chi connectivity index (χ2v) is 11.3. The van der Waals surface area contributed by atoms with E-state index in [-0.39, 0.29) is 29.1 Å². The lowest BCUT2D eigenvalue weighted by molar-refractivity contribution is -0.116. The van der Waals surface area contributed by atoms with Crippen molar-refractivity contribution in [3.05, 3.63) is 53.1 Å². The molecule has 0 saturated heterocycles. The van der Waals surface area contributed by atoms with Gasteiger partial charge in [-0.1, -0.05) is 25.0 Å². The van der Waals surface area contributed by atoms with Crippen molar-refractivity contribution in [1.29, 1.82) is 0 Å². The Labute approximate surface area is 223 Å². The van der Waals surface area contributed by atoms with Crippen molar-refractivity contribution in [2.45, 2.75) is 45.1 Å². The number of nitrogens with zero attached hydrogens (tertiary/aromatic N) is 1. The number of carbonyl (C=O) groups excluding carboxylic acids is 3. The van der Waals surface area contributed by atoms with Gasteiger partial charge in [0.15, 0.2) is 11.5 Å². The third-order valence-electron chi connectivity index (χ3n) is 6.22. The largest absolute Gasteiger partial charge is 0.493 e. The Morgan fingerprint density at radius 2 is 1.79 bits per heavy atom. The number of sulfone groups is 1. The van der Waals surface area contributed by atoms with Crippen LogP contribution in [0.4, 0.5) is 5.69 Å². The van der Waals surface area contributed by atoms with Gasteiger partial charge in [-0.15, -0.1) is 0 Å². The first kappa shape index (κ1) is 29.1. The van der Waals surface area contributed by atoms with Crippen molar-refractivity contribution >= 4 is 33.2 Å². The molecule has 0 spiro atoms. The predicted molar refractivity (Wildman–Crippen MR) is 144 cm³/mol. The van der Waals surface area contributed by atoms with Crippen molar-refractivity contribution in [3.8, 4) is 11.5 Å². The first-order valence-corrected chi connectivity index (χ1v) is 14.7. The molecule has 1 aliphatic heterocycles. The maximum atomic E-state index is 13.7. The van der Waals surface area contributed by atoms with E-state index in [1.807, 2.05) is 0 Å². The molecule has 0 saturated carbocycles. The molecule has 2 aromatic rings. The number of hydrogen-bond donors (Lipinski definition) is 2. The molecule has 3 N–H and O–H groups in total. The van der Waals surface area contributed by atoms with Crippen molar-refractivity contribution in [3.63, 3.8) is 0 Å². The number of carbonyl (C=O) groups is 3. The summed E-state index contributed by atoms with van der Waals surface area (Å²) in [5, 5.41) is 2.75. The molecule has 0 bridgehead atoms. The maximum absolute atomic E-state index is 13.7. The summed E-state index contributed by atoms with van der Waals surface area (Å²) >= 11 is 0. The Bertz CT molecular complexity index is 1290. The summed E-state index contributed by atoms with van der Waals surface area (Å²) in [6.07, 6.45) is 4.68. The lowest BCUT2D eigenvalue weighted by atomic mass is 10.1. The van der Waals surface area contributed by atoms with Crippen LogP contribution < -0.4 is 20.5 Å². The minimum Gasteiger partial charge on any atom is -0.493 e. The molecule has 0 radical (unpaired) electrons. The molecule has 0 fully saturated rings. The normalized spacial score (nSPS) is 13.8. The standard InChI is InChI=1S/C27H35N3O7S/c1-4-37-23-16-18(13-14-22(23)36-2)21(17-38(3,34)35)30-26(32)19-10-9-11-20(25(19)27(30)33)29-24(31)12-7-5-6-8-15-28/h9-11,13-14,16,21H,4-8,12,15,17,28H2,1-3H3,(H,29,31). The van der Waals surface area contributed by atoms with Crippen LogP contribution in [0.5, 0.6) is 11.5 Å². The summed E-state index contributed by atoms with van der Waals surface area (Å²) in [6, 6.07) is 8.31. The van der Waals surface area contributed by atoms with Crippen molar-refractivity contribution < 1.29 is 32.3 Å². The molecule has 3 amide bonds. The quantitative estimate of drug-likeness (QED) is 0.272. The number of fused-ring (bicyclic) bond motifs is 1. The summed E-state index contributed by atoms with van der Waals surface area (Å²) < 4.78 is 35.7. The molecule has 38 heavy (non-hydrogen) atoms. The van der Waals surface area contributed by atoms with Crippen LogP contribution in [0.1, 0.15) is 71.3 Å². The van der Waals surface area contributed by atoms with Crippen LogP contribution in [0.25, 0.3) is 0 Å². The van der Waals surface area contributed by atoms with Gasteiger partial charge in [-0.05, 0) is 56.1 Å². The maximum Gasteiger partial charge on any atom is 0.264 e. The first-order valence-electron chi connectivity index (χ1n) is 12.6. The van der Waals surface area contributed by atoms with E-state index in [1.165, 1.54) is 13.2 Å². The van der Waals surface area contributed by atoms with Crippen LogP contribution in [0.3, 0.4) is 0 Å². The smallest absolute Gasteiger partial charge is 0.264 e. The highest BCUT2D eigenvalue weighted by Crippen LogP contribution is 2.38. The van der Waals surface area contributed by atoms with Crippen LogP contribution >= 0.6 is 0 Å². The van der Waals surface area contributed by atoms with Gasteiger partial charge in [0, 0.05) is 12.7 Å².